The standard InChI is InChI=1S/C34H41ClN2O6S.C6H12N2O2/c1-22-6-4-15-34(20-38,42-3)29-11-8-26(29)18-37-19-33(14-5-7-24-16-27(35)10-12-28(24)33)21-43-31-13-9-25(17-30(31)37)32(39)36-44(40,41)23(22)2;1-10-6(9)8-4-2-7-3-5-8/h4,9-10,12-13,15-17,20,22-23,26,29H,5-8,11,14,18-19,21H2,1-3H3,(H,36,39);7H,2-5H2,1H3/b15-4+;/t22-,23+,26-,29+,33-,34+;/m0./s1. The molecule has 2 amide bonds. The molecular weight excluding hydrogens is 732 g/mol. The van der Waals surface area contributed by atoms with E-state index in [4.69, 9.17) is 21.1 Å². The summed E-state index contributed by atoms with van der Waals surface area (Å²) in [6.45, 7) is 8.43. The van der Waals surface area contributed by atoms with Crippen LogP contribution in [-0.2, 0) is 36.1 Å². The second kappa shape index (κ2) is 16.6. The van der Waals surface area contributed by atoms with Gasteiger partial charge in [0, 0.05) is 68.3 Å². The van der Waals surface area contributed by atoms with Crippen LogP contribution in [0, 0.1) is 17.8 Å². The number of fused-ring (bicyclic) bond motifs is 4. The molecule has 3 aliphatic heterocycles. The van der Waals surface area contributed by atoms with E-state index in [9.17, 15) is 22.8 Å². The fourth-order valence-electron chi connectivity index (χ4n) is 8.66. The first-order valence-corrected chi connectivity index (χ1v) is 20.9. The number of methoxy groups -OCH3 is 2. The molecule has 3 heterocycles. The zero-order valence-corrected chi connectivity index (χ0v) is 33.2. The average molecular weight is 785 g/mol. The van der Waals surface area contributed by atoms with Crippen LogP contribution in [0.4, 0.5) is 10.5 Å². The molecule has 54 heavy (non-hydrogen) atoms. The minimum Gasteiger partial charge on any atom is -0.490 e. The van der Waals surface area contributed by atoms with Crippen LogP contribution in [-0.4, -0.2) is 103 Å². The number of sulfonamides is 1. The van der Waals surface area contributed by atoms with Gasteiger partial charge in [0.25, 0.3) is 5.91 Å². The summed E-state index contributed by atoms with van der Waals surface area (Å²) in [4.78, 5) is 40.9. The second-order valence-corrected chi connectivity index (χ2v) is 17.9. The summed E-state index contributed by atoms with van der Waals surface area (Å²) in [6, 6.07) is 11.3. The summed E-state index contributed by atoms with van der Waals surface area (Å²) in [7, 11) is -0.999. The van der Waals surface area contributed by atoms with Gasteiger partial charge < -0.3 is 29.3 Å². The van der Waals surface area contributed by atoms with Gasteiger partial charge in [-0.3, -0.25) is 9.59 Å². The van der Waals surface area contributed by atoms with E-state index in [1.165, 1.54) is 18.2 Å². The van der Waals surface area contributed by atoms with Gasteiger partial charge in [0.2, 0.25) is 10.0 Å². The van der Waals surface area contributed by atoms with Crippen LogP contribution >= 0.6 is 11.6 Å². The lowest BCUT2D eigenvalue weighted by Gasteiger charge is -2.48. The van der Waals surface area contributed by atoms with Crippen molar-refractivity contribution < 1.29 is 37.0 Å². The van der Waals surface area contributed by atoms with E-state index in [0.29, 0.717) is 36.9 Å². The van der Waals surface area contributed by atoms with Crippen LogP contribution in [0.2, 0.25) is 5.02 Å². The van der Waals surface area contributed by atoms with Crippen molar-refractivity contribution >= 4 is 45.6 Å². The van der Waals surface area contributed by atoms with Crippen molar-refractivity contribution in [3.05, 3.63) is 70.3 Å². The number of hydrogen-bond donors (Lipinski definition) is 2. The molecule has 0 unspecified atom stereocenters. The Morgan fingerprint density at radius 2 is 1.87 bits per heavy atom. The molecule has 7 rings (SSSR count). The van der Waals surface area contributed by atoms with E-state index in [0.717, 1.165) is 70.3 Å². The number of anilines is 1. The normalized spacial score (nSPS) is 31.1. The zero-order valence-electron chi connectivity index (χ0n) is 31.6. The molecule has 12 nitrogen and oxygen atoms in total. The molecule has 6 atom stereocenters. The number of aryl methyl sites for hydroxylation is 1. The van der Waals surface area contributed by atoms with Crippen LogP contribution in [0.3, 0.4) is 0 Å². The first kappa shape index (κ1) is 40.0. The molecule has 2 fully saturated rings. The lowest BCUT2D eigenvalue weighted by Crippen LogP contribution is -2.53. The number of aldehydes is 1. The van der Waals surface area contributed by atoms with Gasteiger partial charge in [0.1, 0.15) is 11.4 Å². The Morgan fingerprint density at radius 3 is 2.56 bits per heavy atom. The van der Waals surface area contributed by atoms with E-state index in [1.54, 1.807) is 37.1 Å². The molecule has 2 aromatic carbocycles. The van der Waals surface area contributed by atoms with E-state index in [1.807, 2.05) is 25.1 Å². The highest BCUT2D eigenvalue weighted by Crippen LogP contribution is 2.48. The molecule has 2 bridgehead atoms. The highest BCUT2D eigenvalue weighted by molar-refractivity contribution is 7.90. The van der Waals surface area contributed by atoms with Gasteiger partial charge in [-0.2, -0.15) is 0 Å². The topological polar surface area (TPSA) is 144 Å². The minimum atomic E-state index is -3.97. The predicted octanol–water partition coefficient (Wildman–Crippen LogP) is 5.13. The van der Waals surface area contributed by atoms with Gasteiger partial charge >= 0.3 is 6.09 Å². The Bertz CT molecular complexity index is 1850. The van der Waals surface area contributed by atoms with Gasteiger partial charge in [0.15, 0.2) is 6.29 Å². The second-order valence-electron chi connectivity index (χ2n) is 15.4. The highest BCUT2D eigenvalue weighted by atomic mass is 35.5. The number of rotatable bonds is 2. The SMILES string of the molecule is COC(=O)N1CCNCC1.CO[C@@]1(C=O)/C=C/C[C@H](C)[C@@H](C)S(=O)(=O)NC(=O)c2ccc3c(c2)N(C[C@@H]2CC[C@H]21)C[C@@]1(CCCc2cc(Cl)ccc21)CO3. The van der Waals surface area contributed by atoms with Crippen LogP contribution in [0.1, 0.15) is 67.4 Å². The van der Waals surface area contributed by atoms with Crippen LogP contribution in [0.15, 0.2) is 48.6 Å². The fraction of sp³-hybridized carbons (Fsp3) is 0.575. The number of halogens is 1. The average Bonchev–Trinajstić information content (AvgIpc) is 3.31. The summed E-state index contributed by atoms with van der Waals surface area (Å²) in [5.41, 5.74) is 2.05. The number of allylic oxidation sites excluding steroid dienone is 1. The number of piperazine rings is 1. The number of nitrogens with one attached hydrogen (secondary N) is 2. The highest BCUT2D eigenvalue weighted by Gasteiger charge is 2.49. The Kier molecular flexibility index (Phi) is 12.3. The maximum Gasteiger partial charge on any atom is 0.409 e. The Morgan fingerprint density at radius 1 is 1.09 bits per heavy atom. The zero-order chi connectivity index (χ0) is 38.7. The van der Waals surface area contributed by atoms with Crippen molar-refractivity contribution in [3.63, 3.8) is 0 Å². The quantitative estimate of drug-likeness (QED) is 0.311. The number of benzene rings is 2. The van der Waals surface area contributed by atoms with Crippen molar-refractivity contribution in [1.82, 2.24) is 14.9 Å². The smallest absolute Gasteiger partial charge is 0.409 e. The number of ether oxygens (including phenoxy) is 3. The van der Waals surface area contributed by atoms with Gasteiger partial charge in [0.05, 0.1) is 24.7 Å². The molecular formula is C40H53ClN4O8S. The summed E-state index contributed by atoms with van der Waals surface area (Å²) in [6.07, 6.45) is 9.43. The summed E-state index contributed by atoms with van der Waals surface area (Å²) in [5.74, 6) is -0.203. The minimum absolute atomic E-state index is 0.0434. The van der Waals surface area contributed by atoms with Crippen LogP contribution < -0.4 is 19.7 Å². The Labute approximate surface area is 324 Å². The molecule has 0 radical (unpaired) electrons. The molecule has 2 N–H and O–H groups in total. The third-order valence-electron chi connectivity index (χ3n) is 12.3. The molecule has 14 heteroatoms. The van der Waals surface area contributed by atoms with Gasteiger partial charge in [-0.25, -0.2) is 17.9 Å². The van der Waals surface area contributed by atoms with Crippen molar-refractivity contribution in [3.8, 4) is 5.75 Å². The number of amides is 2. The van der Waals surface area contributed by atoms with E-state index >= 15 is 0 Å². The number of carbonyl (C=O) groups is 3. The Hall–Kier alpha value is -3.65. The predicted molar refractivity (Wildman–Crippen MR) is 208 cm³/mol. The fourth-order valence-corrected chi connectivity index (χ4v) is 10.1. The third kappa shape index (κ3) is 8.15. The van der Waals surface area contributed by atoms with Crippen molar-refractivity contribution in [1.29, 1.82) is 0 Å². The lowest BCUT2D eigenvalue weighted by molar-refractivity contribution is -0.135. The number of carbonyl (C=O) groups excluding carboxylic acids is 3. The van der Waals surface area contributed by atoms with Crippen LogP contribution in [0.5, 0.6) is 5.75 Å². The molecule has 1 spiro atoms. The summed E-state index contributed by atoms with van der Waals surface area (Å²) < 4.78 is 45.9. The number of nitrogens with zero attached hydrogens (tertiary/aromatic N) is 2. The van der Waals surface area contributed by atoms with Crippen molar-refractivity contribution in [2.45, 2.75) is 68.6 Å². The van der Waals surface area contributed by atoms with Crippen molar-refractivity contribution in [2.75, 3.05) is 65.0 Å². The first-order chi connectivity index (χ1) is 25.8. The third-order valence-corrected chi connectivity index (χ3v) is 14.4. The van der Waals surface area contributed by atoms with Crippen LogP contribution in [0.25, 0.3) is 0 Å². The van der Waals surface area contributed by atoms with Gasteiger partial charge in [-0.1, -0.05) is 30.7 Å². The molecule has 0 aromatic heterocycles. The van der Waals surface area contributed by atoms with Gasteiger partial charge in [-0.05, 0) is 105 Å². The maximum absolute atomic E-state index is 13.4. The Balaban J connectivity index is 0.000000432. The molecule has 1 saturated carbocycles. The maximum atomic E-state index is 13.4. The monoisotopic (exact) mass is 784 g/mol. The lowest BCUT2D eigenvalue weighted by atomic mass is 9.64. The number of hydrogen-bond acceptors (Lipinski definition) is 10. The van der Waals surface area contributed by atoms with Gasteiger partial charge in [-0.15, -0.1) is 0 Å². The molecule has 2 aromatic rings. The summed E-state index contributed by atoms with van der Waals surface area (Å²) in [5, 5.41) is 3.02. The summed E-state index contributed by atoms with van der Waals surface area (Å²) >= 11 is 6.40. The largest absolute Gasteiger partial charge is 0.490 e. The van der Waals surface area contributed by atoms with E-state index in [-0.39, 0.29) is 34.8 Å². The van der Waals surface area contributed by atoms with E-state index in [2.05, 4.69) is 31.8 Å². The molecule has 5 aliphatic rings. The first-order valence-electron chi connectivity index (χ1n) is 18.9. The van der Waals surface area contributed by atoms with Crippen molar-refractivity contribution in [2.24, 2.45) is 17.8 Å². The molecule has 294 valence electrons. The molecule has 1 saturated heterocycles. The molecule has 2 aliphatic carbocycles. The van der Waals surface area contributed by atoms with E-state index < -0.39 is 26.8 Å².